The van der Waals surface area contributed by atoms with Crippen LogP contribution in [0.3, 0.4) is 0 Å². The van der Waals surface area contributed by atoms with Gasteiger partial charge in [-0.2, -0.15) is 18.4 Å². The first-order valence-electron chi connectivity index (χ1n) is 4.43. The molecule has 0 heterocycles. The van der Waals surface area contributed by atoms with Gasteiger partial charge in [0.25, 0.3) is 0 Å². The Labute approximate surface area is 95.0 Å². The molecule has 0 unspecified atom stereocenters. The fraction of sp³-hybridized carbons (Fsp3) is 0.222. The Hall–Kier alpha value is -1.72. The van der Waals surface area contributed by atoms with Crippen LogP contribution in [-0.2, 0) is 0 Å². The number of halogens is 3. The predicted molar refractivity (Wildman–Crippen MR) is 52.5 cm³/mol. The van der Waals surface area contributed by atoms with Gasteiger partial charge in [-0.15, -0.1) is 0 Å². The molecule has 0 aliphatic rings. The van der Waals surface area contributed by atoms with E-state index in [9.17, 15) is 13.2 Å². The largest absolute Gasteiger partial charge is 0.488 e. The van der Waals surface area contributed by atoms with Gasteiger partial charge in [0.1, 0.15) is 11.8 Å². The number of hydrogen-bond acceptors (Lipinski definition) is 4. The summed E-state index contributed by atoms with van der Waals surface area (Å²) in [6, 6.07) is 4.91. The van der Waals surface area contributed by atoms with Crippen molar-refractivity contribution < 1.29 is 28.0 Å². The van der Waals surface area contributed by atoms with E-state index in [4.69, 9.17) is 15.3 Å². The average molecular weight is 245 g/mol. The summed E-state index contributed by atoms with van der Waals surface area (Å²) in [6.07, 6.45) is -4.50. The monoisotopic (exact) mass is 245 g/mol. The fourth-order valence-corrected chi connectivity index (χ4v) is 1.08. The van der Waals surface area contributed by atoms with E-state index in [2.05, 4.69) is 4.74 Å². The highest BCUT2D eigenvalue weighted by molar-refractivity contribution is 6.58. The van der Waals surface area contributed by atoms with Gasteiger partial charge in [-0.25, -0.2) is 0 Å². The summed E-state index contributed by atoms with van der Waals surface area (Å²) in [5.74, 6) is -0.255. The zero-order valence-corrected chi connectivity index (χ0v) is 8.40. The Morgan fingerprint density at radius 2 is 2.00 bits per heavy atom. The number of alkyl halides is 3. The van der Waals surface area contributed by atoms with Gasteiger partial charge < -0.3 is 14.8 Å². The van der Waals surface area contributed by atoms with Crippen LogP contribution >= 0.6 is 0 Å². The van der Waals surface area contributed by atoms with Crippen molar-refractivity contribution in [2.45, 2.75) is 6.18 Å². The number of rotatable bonds is 3. The number of nitrogens with zero attached hydrogens (tertiary/aromatic N) is 1. The highest BCUT2D eigenvalue weighted by Gasteiger charge is 2.29. The summed E-state index contributed by atoms with van der Waals surface area (Å²) < 4.78 is 40.1. The van der Waals surface area contributed by atoms with Crippen LogP contribution in [0.15, 0.2) is 18.2 Å². The van der Waals surface area contributed by atoms with E-state index >= 15 is 0 Å². The molecule has 0 aliphatic heterocycles. The predicted octanol–water partition coefficient (Wildman–Crippen LogP) is 0.179. The van der Waals surface area contributed by atoms with E-state index in [0.717, 1.165) is 18.2 Å². The molecular formula is C9H7BF3NO3. The lowest BCUT2D eigenvalue weighted by Crippen LogP contribution is -2.30. The van der Waals surface area contributed by atoms with Gasteiger partial charge in [0.15, 0.2) is 6.61 Å². The van der Waals surface area contributed by atoms with Crippen LogP contribution in [0.4, 0.5) is 13.2 Å². The van der Waals surface area contributed by atoms with Crippen LogP contribution in [0, 0.1) is 11.3 Å². The van der Waals surface area contributed by atoms with E-state index < -0.39 is 19.9 Å². The standard InChI is InChI=1S/C9H7BF3NO3/c11-9(12,13)5-17-8-2-1-7(10(15)16)3-6(8)4-14/h1-3,15-16H,5H2. The van der Waals surface area contributed by atoms with E-state index in [1.807, 2.05) is 0 Å². The molecule has 0 spiro atoms. The zero-order chi connectivity index (χ0) is 13.1. The minimum absolute atomic E-state index is 0.000841. The molecule has 4 nitrogen and oxygen atoms in total. The Kier molecular flexibility index (Phi) is 3.99. The van der Waals surface area contributed by atoms with E-state index in [1.165, 1.54) is 0 Å². The van der Waals surface area contributed by atoms with Crippen molar-refractivity contribution >= 4 is 12.6 Å². The Morgan fingerprint density at radius 1 is 1.35 bits per heavy atom. The summed E-state index contributed by atoms with van der Waals surface area (Å²) >= 11 is 0. The lowest BCUT2D eigenvalue weighted by atomic mass is 9.79. The third-order valence-corrected chi connectivity index (χ3v) is 1.81. The molecule has 0 radical (unpaired) electrons. The smallest absolute Gasteiger partial charge is 0.483 e. The van der Waals surface area contributed by atoms with Gasteiger partial charge in [0.2, 0.25) is 0 Å². The Bertz CT molecular complexity index is 442. The van der Waals surface area contributed by atoms with Crippen molar-refractivity contribution in [3.63, 3.8) is 0 Å². The summed E-state index contributed by atoms with van der Waals surface area (Å²) in [5, 5.41) is 26.3. The molecule has 0 fully saturated rings. The second-order valence-corrected chi connectivity index (χ2v) is 3.14. The molecule has 1 aromatic rings. The van der Waals surface area contributed by atoms with Crippen molar-refractivity contribution in [1.29, 1.82) is 5.26 Å². The highest BCUT2D eigenvalue weighted by atomic mass is 19.4. The molecule has 1 rings (SSSR count). The summed E-state index contributed by atoms with van der Waals surface area (Å²) in [7, 11) is -1.79. The van der Waals surface area contributed by atoms with Crippen molar-refractivity contribution in [1.82, 2.24) is 0 Å². The van der Waals surface area contributed by atoms with Crippen molar-refractivity contribution in [3.8, 4) is 11.8 Å². The number of nitriles is 1. The van der Waals surface area contributed by atoms with E-state index in [1.54, 1.807) is 6.07 Å². The van der Waals surface area contributed by atoms with Gasteiger partial charge in [-0.3, -0.25) is 0 Å². The topological polar surface area (TPSA) is 73.5 Å². The van der Waals surface area contributed by atoms with Gasteiger partial charge in [0, 0.05) is 0 Å². The molecule has 0 aromatic heterocycles. The first-order valence-corrected chi connectivity index (χ1v) is 4.43. The van der Waals surface area contributed by atoms with Gasteiger partial charge in [-0.1, -0.05) is 6.07 Å². The lowest BCUT2D eigenvalue weighted by Gasteiger charge is -2.11. The molecule has 0 saturated carbocycles. The Balaban J connectivity index is 2.91. The van der Waals surface area contributed by atoms with E-state index in [0.29, 0.717) is 0 Å². The molecule has 2 N–H and O–H groups in total. The van der Waals surface area contributed by atoms with Crippen LogP contribution in [-0.4, -0.2) is 29.9 Å². The van der Waals surface area contributed by atoms with Crippen molar-refractivity contribution in [3.05, 3.63) is 23.8 Å². The maximum Gasteiger partial charge on any atom is 0.488 e. The lowest BCUT2D eigenvalue weighted by molar-refractivity contribution is -0.153. The summed E-state index contributed by atoms with van der Waals surface area (Å²) in [4.78, 5) is 0. The second kappa shape index (κ2) is 5.08. The third-order valence-electron chi connectivity index (χ3n) is 1.81. The van der Waals surface area contributed by atoms with Gasteiger partial charge >= 0.3 is 13.3 Å². The average Bonchev–Trinajstić information content (AvgIpc) is 2.24. The maximum atomic E-state index is 11.9. The molecule has 90 valence electrons. The molecule has 0 atom stereocenters. The minimum Gasteiger partial charge on any atom is -0.483 e. The van der Waals surface area contributed by atoms with Crippen LogP contribution in [0.2, 0.25) is 0 Å². The van der Waals surface area contributed by atoms with Gasteiger partial charge in [0.05, 0.1) is 5.56 Å². The van der Waals surface area contributed by atoms with Crippen LogP contribution in [0.25, 0.3) is 0 Å². The summed E-state index contributed by atoms with van der Waals surface area (Å²) in [5.41, 5.74) is -0.194. The highest BCUT2D eigenvalue weighted by Crippen LogP contribution is 2.20. The maximum absolute atomic E-state index is 11.9. The number of benzene rings is 1. The van der Waals surface area contributed by atoms with E-state index in [-0.39, 0.29) is 16.8 Å². The van der Waals surface area contributed by atoms with Gasteiger partial charge in [-0.05, 0) is 17.6 Å². The molecule has 0 bridgehead atoms. The summed E-state index contributed by atoms with van der Waals surface area (Å²) in [6.45, 7) is -1.51. The normalized spacial score (nSPS) is 10.8. The van der Waals surface area contributed by atoms with Crippen LogP contribution in [0.5, 0.6) is 5.75 Å². The molecule has 1 aromatic carbocycles. The first-order chi connectivity index (χ1) is 7.83. The molecule has 17 heavy (non-hydrogen) atoms. The molecule has 0 amide bonds. The zero-order valence-electron chi connectivity index (χ0n) is 8.40. The minimum atomic E-state index is -4.50. The molecule has 0 aliphatic carbocycles. The van der Waals surface area contributed by atoms with Crippen molar-refractivity contribution in [2.24, 2.45) is 0 Å². The molecule has 8 heteroatoms. The van der Waals surface area contributed by atoms with Crippen LogP contribution in [0.1, 0.15) is 5.56 Å². The van der Waals surface area contributed by atoms with Crippen LogP contribution < -0.4 is 10.2 Å². The fourth-order valence-electron chi connectivity index (χ4n) is 1.08. The first kappa shape index (κ1) is 13.4. The SMILES string of the molecule is N#Cc1cc(B(O)O)ccc1OCC(F)(F)F. The molecule has 0 saturated heterocycles. The molecular weight excluding hydrogens is 238 g/mol. The van der Waals surface area contributed by atoms with Crippen molar-refractivity contribution in [2.75, 3.05) is 6.61 Å². The third kappa shape index (κ3) is 3.98. The quantitative estimate of drug-likeness (QED) is 0.745. The number of hydrogen-bond donors (Lipinski definition) is 2. The Morgan fingerprint density at radius 3 is 2.47 bits per heavy atom. The number of ether oxygens (including phenoxy) is 1. The second-order valence-electron chi connectivity index (χ2n) is 3.14.